The van der Waals surface area contributed by atoms with E-state index in [1.165, 1.54) is 0 Å². The molecule has 98 valence electrons. The molecule has 1 atom stereocenters. The maximum atomic E-state index is 11.1. The third-order valence-corrected chi connectivity index (χ3v) is 3.75. The van der Waals surface area contributed by atoms with Crippen molar-refractivity contribution in [1.82, 2.24) is 5.32 Å². The van der Waals surface area contributed by atoms with Crippen LogP contribution in [0.4, 0.5) is 11.4 Å². The summed E-state index contributed by atoms with van der Waals surface area (Å²) in [4.78, 5) is 13.0. The Bertz CT molecular complexity index is 453. The topological polar surface area (TPSA) is 58.4 Å². The highest BCUT2D eigenvalue weighted by Gasteiger charge is 2.29. The lowest BCUT2D eigenvalue weighted by Crippen LogP contribution is -2.37. The Kier molecular flexibility index (Phi) is 4.19. The minimum atomic E-state index is -0.311. The van der Waals surface area contributed by atoms with Gasteiger partial charge in [0.25, 0.3) is 5.69 Å². The summed E-state index contributed by atoms with van der Waals surface area (Å²) < 4.78 is 0.738. The first-order chi connectivity index (χ1) is 8.63. The van der Waals surface area contributed by atoms with Gasteiger partial charge in [0.1, 0.15) is 5.69 Å². The van der Waals surface area contributed by atoms with Crippen molar-refractivity contribution in [3.63, 3.8) is 0 Å². The molecule has 1 aliphatic heterocycles. The van der Waals surface area contributed by atoms with Gasteiger partial charge < -0.3 is 10.2 Å². The van der Waals surface area contributed by atoms with E-state index >= 15 is 0 Å². The number of nitro benzene ring substituents is 1. The Morgan fingerprint density at radius 1 is 1.61 bits per heavy atom. The number of rotatable bonds is 4. The molecular formula is C12H16BrN3O2. The third kappa shape index (κ3) is 2.64. The fourth-order valence-corrected chi connectivity index (χ4v) is 2.84. The van der Waals surface area contributed by atoms with Gasteiger partial charge in [-0.2, -0.15) is 0 Å². The predicted octanol–water partition coefficient (Wildman–Crippen LogP) is 2.55. The number of nitrogens with one attached hydrogen (secondary N) is 1. The van der Waals surface area contributed by atoms with Crippen molar-refractivity contribution < 1.29 is 4.92 Å². The molecule has 6 heteroatoms. The van der Waals surface area contributed by atoms with Crippen LogP contribution in [0.1, 0.15) is 12.8 Å². The molecule has 1 aromatic carbocycles. The van der Waals surface area contributed by atoms with E-state index in [1.807, 2.05) is 19.2 Å². The molecule has 2 rings (SSSR count). The second kappa shape index (κ2) is 5.67. The number of hydrogen-bond acceptors (Lipinski definition) is 4. The van der Waals surface area contributed by atoms with Gasteiger partial charge in [0.05, 0.1) is 4.92 Å². The highest BCUT2D eigenvalue weighted by Crippen LogP contribution is 2.35. The Hall–Kier alpha value is -1.14. The second-order valence-electron chi connectivity index (χ2n) is 4.44. The molecule has 1 fully saturated rings. The van der Waals surface area contributed by atoms with Crippen LogP contribution >= 0.6 is 15.9 Å². The number of benzene rings is 1. The first-order valence-corrected chi connectivity index (χ1v) is 6.78. The minimum absolute atomic E-state index is 0.173. The molecule has 1 heterocycles. The highest BCUT2D eigenvalue weighted by molar-refractivity contribution is 9.10. The quantitative estimate of drug-likeness (QED) is 0.685. The van der Waals surface area contributed by atoms with E-state index in [9.17, 15) is 10.1 Å². The summed E-state index contributed by atoms with van der Waals surface area (Å²) in [6, 6.07) is 5.60. The SMILES string of the molecule is CNCC1CCCN1c1ccc(Br)cc1[N+](=O)[O-]. The highest BCUT2D eigenvalue weighted by atomic mass is 79.9. The van der Waals surface area contributed by atoms with E-state index in [-0.39, 0.29) is 10.6 Å². The molecular weight excluding hydrogens is 298 g/mol. The van der Waals surface area contributed by atoms with Crippen LogP contribution in [0.2, 0.25) is 0 Å². The molecule has 0 bridgehead atoms. The van der Waals surface area contributed by atoms with E-state index in [0.717, 1.165) is 36.1 Å². The molecule has 0 saturated carbocycles. The molecule has 0 spiro atoms. The Morgan fingerprint density at radius 3 is 3.06 bits per heavy atom. The molecule has 0 aliphatic carbocycles. The van der Waals surface area contributed by atoms with Crippen LogP contribution in [0.3, 0.4) is 0 Å². The molecule has 18 heavy (non-hydrogen) atoms. The van der Waals surface area contributed by atoms with Crippen LogP contribution in [0.15, 0.2) is 22.7 Å². The van der Waals surface area contributed by atoms with Gasteiger partial charge in [0.2, 0.25) is 0 Å². The number of hydrogen-bond donors (Lipinski definition) is 1. The van der Waals surface area contributed by atoms with E-state index < -0.39 is 0 Å². The van der Waals surface area contributed by atoms with Gasteiger partial charge in [-0.3, -0.25) is 10.1 Å². The number of nitrogens with zero attached hydrogens (tertiary/aromatic N) is 2. The Balaban J connectivity index is 2.34. The molecule has 0 amide bonds. The van der Waals surface area contributed by atoms with Crippen LogP contribution in [0.5, 0.6) is 0 Å². The van der Waals surface area contributed by atoms with Crippen molar-refractivity contribution in [2.75, 3.05) is 25.0 Å². The maximum Gasteiger partial charge on any atom is 0.293 e. The summed E-state index contributed by atoms with van der Waals surface area (Å²) in [5.41, 5.74) is 0.897. The van der Waals surface area contributed by atoms with Crippen molar-refractivity contribution >= 4 is 27.3 Å². The zero-order valence-electron chi connectivity index (χ0n) is 10.2. The number of likely N-dealkylation sites (N-methyl/N-ethyl adjacent to an activating group) is 1. The molecule has 0 radical (unpaired) electrons. The Labute approximate surface area is 114 Å². The molecule has 1 aliphatic rings. The second-order valence-corrected chi connectivity index (χ2v) is 5.35. The lowest BCUT2D eigenvalue weighted by molar-refractivity contribution is -0.384. The molecule has 1 aromatic rings. The van der Waals surface area contributed by atoms with Crippen LogP contribution in [0, 0.1) is 10.1 Å². The average Bonchev–Trinajstić information content (AvgIpc) is 2.77. The third-order valence-electron chi connectivity index (χ3n) is 3.26. The summed E-state index contributed by atoms with van der Waals surface area (Å²) in [5, 5.41) is 14.3. The molecule has 5 nitrogen and oxygen atoms in total. The standard InChI is InChI=1S/C12H16BrN3O2/c1-14-8-10-3-2-6-15(10)11-5-4-9(13)7-12(11)16(17)18/h4-5,7,10,14H,2-3,6,8H2,1H3. The summed E-state index contributed by atoms with van der Waals surface area (Å²) >= 11 is 3.28. The number of halogens is 1. The van der Waals surface area contributed by atoms with Gasteiger partial charge in [-0.25, -0.2) is 0 Å². The maximum absolute atomic E-state index is 11.1. The number of nitro groups is 1. The lowest BCUT2D eigenvalue weighted by atomic mass is 10.2. The van der Waals surface area contributed by atoms with Crippen molar-refractivity contribution in [2.24, 2.45) is 0 Å². The van der Waals surface area contributed by atoms with Gasteiger partial charge in [-0.15, -0.1) is 0 Å². The molecule has 0 aromatic heterocycles. The summed E-state index contributed by atoms with van der Waals surface area (Å²) in [6.45, 7) is 1.74. The largest absolute Gasteiger partial charge is 0.362 e. The van der Waals surface area contributed by atoms with Crippen LogP contribution in [-0.4, -0.2) is 31.1 Å². The smallest absolute Gasteiger partial charge is 0.293 e. The first kappa shape index (κ1) is 13.3. The predicted molar refractivity (Wildman–Crippen MR) is 75.1 cm³/mol. The fourth-order valence-electron chi connectivity index (χ4n) is 2.49. The van der Waals surface area contributed by atoms with Gasteiger partial charge in [0, 0.05) is 29.7 Å². The van der Waals surface area contributed by atoms with Gasteiger partial charge in [-0.1, -0.05) is 15.9 Å². The van der Waals surface area contributed by atoms with E-state index in [2.05, 4.69) is 26.1 Å². The first-order valence-electron chi connectivity index (χ1n) is 5.98. The van der Waals surface area contributed by atoms with E-state index in [0.29, 0.717) is 6.04 Å². The van der Waals surface area contributed by atoms with Crippen LogP contribution in [0.25, 0.3) is 0 Å². The van der Waals surface area contributed by atoms with E-state index in [1.54, 1.807) is 6.07 Å². The van der Waals surface area contributed by atoms with Crippen molar-refractivity contribution in [1.29, 1.82) is 0 Å². The zero-order valence-corrected chi connectivity index (χ0v) is 11.8. The minimum Gasteiger partial charge on any atom is -0.362 e. The average molecular weight is 314 g/mol. The van der Waals surface area contributed by atoms with Crippen molar-refractivity contribution in [3.8, 4) is 0 Å². The normalized spacial score (nSPS) is 19.2. The van der Waals surface area contributed by atoms with E-state index in [4.69, 9.17) is 0 Å². The number of anilines is 1. The van der Waals surface area contributed by atoms with Gasteiger partial charge in [0.15, 0.2) is 0 Å². The molecule has 1 saturated heterocycles. The monoisotopic (exact) mass is 313 g/mol. The van der Waals surface area contributed by atoms with Gasteiger partial charge >= 0.3 is 0 Å². The van der Waals surface area contributed by atoms with Gasteiger partial charge in [-0.05, 0) is 32.0 Å². The zero-order chi connectivity index (χ0) is 13.1. The molecule has 1 unspecified atom stereocenters. The van der Waals surface area contributed by atoms with Crippen molar-refractivity contribution in [3.05, 3.63) is 32.8 Å². The summed E-state index contributed by atoms with van der Waals surface area (Å²) in [6.07, 6.45) is 2.16. The fraction of sp³-hybridized carbons (Fsp3) is 0.500. The van der Waals surface area contributed by atoms with Crippen LogP contribution < -0.4 is 10.2 Å². The summed E-state index contributed by atoms with van der Waals surface area (Å²) in [7, 11) is 1.91. The molecule has 1 N–H and O–H groups in total. The summed E-state index contributed by atoms with van der Waals surface area (Å²) in [5.74, 6) is 0. The Morgan fingerprint density at radius 2 is 2.39 bits per heavy atom. The van der Waals surface area contributed by atoms with Crippen LogP contribution in [-0.2, 0) is 0 Å². The lowest BCUT2D eigenvalue weighted by Gasteiger charge is -2.26. The van der Waals surface area contributed by atoms with Crippen molar-refractivity contribution in [2.45, 2.75) is 18.9 Å².